The summed E-state index contributed by atoms with van der Waals surface area (Å²) in [5.74, 6) is -2.66. The SMILES string of the molecule is CC(=O)CC[C@H](NC(=O)N[C@@H](CCCNC(C)(C)C)C(=O)O)C(=O)O. The van der Waals surface area contributed by atoms with Gasteiger partial charge in [-0.05, 0) is 53.5 Å². The van der Waals surface area contributed by atoms with Crippen LogP contribution in [0.2, 0.25) is 0 Å². The molecule has 0 aliphatic heterocycles. The van der Waals surface area contributed by atoms with Gasteiger partial charge in [0.2, 0.25) is 0 Å². The summed E-state index contributed by atoms with van der Waals surface area (Å²) in [6.07, 6.45) is 0.696. The molecule has 0 aliphatic carbocycles. The van der Waals surface area contributed by atoms with Gasteiger partial charge in [0.05, 0.1) is 0 Å². The fraction of sp³-hybridized carbons (Fsp3) is 0.750. The average Bonchev–Trinajstić information content (AvgIpc) is 2.44. The van der Waals surface area contributed by atoms with Crippen LogP contribution in [0.4, 0.5) is 4.79 Å². The minimum absolute atomic E-state index is 0.0120. The fourth-order valence-corrected chi connectivity index (χ4v) is 1.99. The van der Waals surface area contributed by atoms with Gasteiger partial charge in [-0.25, -0.2) is 14.4 Å². The van der Waals surface area contributed by atoms with Gasteiger partial charge in [-0.3, -0.25) is 0 Å². The number of hydrogen-bond donors (Lipinski definition) is 5. The van der Waals surface area contributed by atoms with Crippen LogP contribution in [0.1, 0.15) is 53.4 Å². The Kier molecular flexibility index (Phi) is 9.73. The van der Waals surface area contributed by atoms with E-state index in [1.807, 2.05) is 20.8 Å². The van der Waals surface area contributed by atoms with Crippen LogP contribution in [0.15, 0.2) is 0 Å². The predicted octanol–water partition coefficient (Wildman–Crippen LogP) is 0.730. The summed E-state index contributed by atoms with van der Waals surface area (Å²) in [6.45, 7) is 7.87. The predicted molar refractivity (Wildman–Crippen MR) is 91.4 cm³/mol. The summed E-state index contributed by atoms with van der Waals surface area (Å²) >= 11 is 0. The molecule has 25 heavy (non-hydrogen) atoms. The highest BCUT2D eigenvalue weighted by Gasteiger charge is 2.24. The van der Waals surface area contributed by atoms with Crippen LogP contribution < -0.4 is 16.0 Å². The number of urea groups is 1. The molecule has 0 spiro atoms. The number of ketones is 1. The second-order valence-corrected chi connectivity index (χ2v) is 6.96. The third-order valence-corrected chi connectivity index (χ3v) is 3.32. The highest BCUT2D eigenvalue weighted by Crippen LogP contribution is 2.03. The molecule has 9 heteroatoms. The van der Waals surface area contributed by atoms with Crippen molar-refractivity contribution in [1.29, 1.82) is 0 Å². The van der Waals surface area contributed by atoms with Crippen molar-refractivity contribution in [3.8, 4) is 0 Å². The minimum Gasteiger partial charge on any atom is -0.480 e. The summed E-state index contributed by atoms with van der Waals surface area (Å²) < 4.78 is 0. The average molecular weight is 359 g/mol. The number of carboxylic acid groups (broad SMARTS) is 2. The van der Waals surface area contributed by atoms with Gasteiger partial charge in [-0.2, -0.15) is 0 Å². The van der Waals surface area contributed by atoms with Crippen LogP contribution in [0.3, 0.4) is 0 Å². The number of carbonyl (C=O) groups is 4. The first-order chi connectivity index (χ1) is 11.4. The molecule has 2 amide bonds. The monoisotopic (exact) mass is 359 g/mol. The van der Waals surface area contributed by atoms with Crippen LogP contribution in [-0.2, 0) is 14.4 Å². The Balaban J connectivity index is 4.48. The third-order valence-electron chi connectivity index (χ3n) is 3.32. The number of hydrogen-bond acceptors (Lipinski definition) is 5. The largest absolute Gasteiger partial charge is 0.480 e. The van der Waals surface area contributed by atoms with Crippen LogP contribution >= 0.6 is 0 Å². The lowest BCUT2D eigenvalue weighted by Crippen LogP contribution is -2.51. The second-order valence-electron chi connectivity index (χ2n) is 6.96. The zero-order chi connectivity index (χ0) is 19.6. The Morgan fingerprint density at radius 1 is 0.920 bits per heavy atom. The van der Waals surface area contributed by atoms with Crippen LogP contribution in [0.5, 0.6) is 0 Å². The van der Waals surface area contributed by atoms with Gasteiger partial charge >= 0.3 is 18.0 Å². The second kappa shape index (κ2) is 10.7. The summed E-state index contributed by atoms with van der Waals surface area (Å²) in [7, 11) is 0. The third kappa shape index (κ3) is 11.9. The molecule has 0 saturated carbocycles. The van der Waals surface area contributed by atoms with Crippen molar-refractivity contribution < 1.29 is 29.4 Å². The number of carbonyl (C=O) groups excluding carboxylic acids is 2. The zero-order valence-electron chi connectivity index (χ0n) is 15.2. The van der Waals surface area contributed by atoms with Crippen LogP contribution in [0.25, 0.3) is 0 Å². The summed E-state index contributed by atoms with van der Waals surface area (Å²) in [5.41, 5.74) is -0.0883. The molecule has 9 nitrogen and oxygen atoms in total. The van der Waals surface area contributed by atoms with Crippen molar-refractivity contribution in [2.45, 2.75) is 71.0 Å². The zero-order valence-corrected chi connectivity index (χ0v) is 15.2. The van der Waals surface area contributed by atoms with Crippen LogP contribution in [-0.4, -0.2) is 58.1 Å². The number of amides is 2. The van der Waals surface area contributed by atoms with Gasteiger partial charge in [-0.1, -0.05) is 0 Å². The van der Waals surface area contributed by atoms with E-state index in [9.17, 15) is 24.3 Å². The number of nitrogens with one attached hydrogen (secondary N) is 3. The van der Waals surface area contributed by atoms with E-state index in [-0.39, 0.29) is 30.6 Å². The van der Waals surface area contributed by atoms with E-state index in [0.717, 1.165) is 0 Å². The number of Topliss-reactive ketones (excluding diaryl/α,β-unsaturated/α-hetero) is 1. The minimum atomic E-state index is -1.28. The Morgan fingerprint density at radius 2 is 1.40 bits per heavy atom. The van der Waals surface area contributed by atoms with Crippen molar-refractivity contribution >= 4 is 23.8 Å². The van der Waals surface area contributed by atoms with E-state index < -0.39 is 30.1 Å². The summed E-state index contributed by atoms with van der Waals surface area (Å²) in [5, 5.41) is 25.9. The molecule has 0 rings (SSSR count). The molecule has 0 saturated heterocycles. The van der Waals surface area contributed by atoms with Crippen molar-refractivity contribution in [3.63, 3.8) is 0 Å². The molecule has 144 valence electrons. The quantitative estimate of drug-likeness (QED) is 0.342. The van der Waals surface area contributed by atoms with Gasteiger partial charge in [0.15, 0.2) is 0 Å². The molecule has 0 aromatic heterocycles. The standard InChI is InChI=1S/C16H29N3O6/c1-10(20)7-8-12(14(23)24)19-15(25)18-11(13(21)22)6-5-9-17-16(2,3)4/h11-12,17H,5-9H2,1-4H3,(H,21,22)(H,23,24)(H2,18,19,25)/t11-,12-/m0/s1. The maximum atomic E-state index is 11.9. The maximum absolute atomic E-state index is 11.9. The lowest BCUT2D eigenvalue weighted by atomic mass is 10.1. The smallest absolute Gasteiger partial charge is 0.326 e. The molecule has 0 unspecified atom stereocenters. The normalized spacial score (nSPS) is 13.6. The van der Waals surface area contributed by atoms with E-state index in [2.05, 4.69) is 16.0 Å². The Morgan fingerprint density at radius 3 is 1.80 bits per heavy atom. The molecule has 0 radical (unpaired) electrons. The summed E-state index contributed by atoms with van der Waals surface area (Å²) in [6, 6.07) is -3.25. The highest BCUT2D eigenvalue weighted by atomic mass is 16.4. The Bertz CT molecular complexity index is 487. The topological polar surface area (TPSA) is 145 Å². The first kappa shape index (κ1) is 22.8. The van der Waals surface area contributed by atoms with Gasteiger partial charge in [0, 0.05) is 12.0 Å². The number of carboxylic acids is 2. The molecule has 0 aromatic carbocycles. The van der Waals surface area contributed by atoms with E-state index in [0.29, 0.717) is 13.0 Å². The van der Waals surface area contributed by atoms with Crippen molar-refractivity contribution in [1.82, 2.24) is 16.0 Å². The van der Waals surface area contributed by atoms with Gasteiger partial charge in [0.1, 0.15) is 17.9 Å². The summed E-state index contributed by atoms with van der Waals surface area (Å²) in [4.78, 5) is 45.1. The van der Waals surface area contributed by atoms with Crippen molar-refractivity contribution in [2.24, 2.45) is 0 Å². The first-order valence-corrected chi connectivity index (χ1v) is 8.19. The van der Waals surface area contributed by atoms with E-state index in [1.54, 1.807) is 0 Å². The number of rotatable bonds is 11. The van der Waals surface area contributed by atoms with E-state index >= 15 is 0 Å². The molecule has 0 aliphatic rings. The Hall–Kier alpha value is -2.16. The lowest BCUT2D eigenvalue weighted by molar-refractivity contribution is -0.139. The molecule has 0 fully saturated rings. The fourth-order valence-electron chi connectivity index (χ4n) is 1.99. The molecular formula is C16H29N3O6. The van der Waals surface area contributed by atoms with Gasteiger partial charge < -0.3 is 31.0 Å². The molecule has 2 atom stereocenters. The Labute approximate surface area is 147 Å². The van der Waals surface area contributed by atoms with Gasteiger partial charge in [-0.15, -0.1) is 0 Å². The van der Waals surface area contributed by atoms with Crippen molar-refractivity contribution in [3.05, 3.63) is 0 Å². The maximum Gasteiger partial charge on any atom is 0.326 e. The van der Waals surface area contributed by atoms with E-state index in [4.69, 9.17) is 5.11 Å². The van der Waals surface area contributed by atoms with Crippen molar-refractivity contribution in [2.75, 3.05) is 6.54 Å². The van der Waals surface area contributed by atoms with E-state index in [1.165, 1.54) is 6.92 Å². The highest BCUT2D eigenvalue weighted by molar-refractivity contribution is 5.86. The van der Waals surface area contributed by atoms with Gasteiger partial charge in [0.25, 0.3) is 0 Å². The number of aliphatic carboxylic acids is 2. The molecule has 0 heterocycles. The molecule has 0 aromatic rings. The molecule has 5 N–H and O–H groups in total. The molecule has 0 bridgehead atoms. The lowest BCUT2D eigenvalue weighted by Gasteiger charge is -2.22. The van der Waals surface area contributed by atoms with Crippen LogP contribution in [0, 0.1) is 0 Å². The molecular weight excluding hydrogens is 330 g/mol. The first-order valence-electron chi connectivity index (χ1n) is 8.19.